The van der Waals surface area contributed by atoms with Crippen LogP contribution in [0.1, 0.15) is 5.56 Å². The molecule has 4 N–H and O–H groups in total. The standard InChI is InChI=1S/C9H12NO3P/c10-9(14(11,12)13)7-6-8-4-2-1-3-5-8/h1-7,9H,10H2,(H2,11,12,13)/b7-6+/t9-/m1/s1. The van der Waals surface area contributed by atoms with Gasteiger partial charge < -0.3 is 15.5 Å². The van der Waals surface area contributed by atoms with Crippen molar-refractivity contribution < 1.29 is 14.4 Å². The molecule has 5 heteroatoms. The summed E-state index contributed by atoms with van der Waals surface area (Å²) in [5.74, 6) is -1.23. The van der Waals surface area contributed by atoms with Gasteiger partial charge in [-0.15, -0.1) is 0 Å². The van der Waals surface area contributed by atoms with Crippen LogP contribution < -0.4 is 5.73 Å². The minimum atomic E-state index is -4.20. The molecule has 1 aromatic carbocycles. The van der Waals surface area contributed by atoms with Crippen LogP contribution in [0.4, 0.5) is 0 Å². The van der Waals surface area contributed by atoms with E-state index in [0.717, 1.165) is 5.56 Å². The molecule has 0 aliphatic heterocycles. The molecule has 0 aliphatic carbocycles. The van der Waals surface area contributed by atoms with E-state index >= 15 is 0 Å². The minimum Gasteiger partial charge on any atom is -0.323 e. The van der Waals surface area contributed by atoms with E-state index in [1.807, 2.05) is 30.3 Å². The largest absolute Gasteiger partial charge is 0.346 e. The first-order valence-corrected chi connectivity index (χ1v) is 5.72. The summed E-state index contributed by atoms with van der Waals surface area (Å²) in [5.41, 5.74) is 6.11. The van der Waals surface area contributed by atoms with Gasteiger partial charge in [0.1, 0.15) is 5.78 Å². The summed E-state index contributed by atoms with van der Waals surface area (Å²) in [5, 5.41) is 0. The summed E-state index contributed by atoms with van der Waals surface area (Å²) < 4.78 is 10.7. The van der Waals surface area contributed by atoms with Crippen LogP contribution in [0, 0.1) is 0 Å². The Morgan fingerprint density at radius 1 is 1.29 bits per heavy atom. The summed E-state index contributed by atoms with van der Waals surface area (Å²) in [6.07, 6.45) is 2.89. The van der Waals surface area contributed by atoms with Gasteiger partial charge in [0.25, 0.3) is 0 Å². The Hall–Kier alpha value is -0.930. The van der Waals surface area contributed by atoms with Gasteiger partial charge in [0.15, 0.2) is 0 Å². The molecule has 0 bridgehead atoms. The zero-order chi connectivity index (χ0) is 10.6. The summed E-state index contributed by atoms with van der Waals surface area (Å²) in [6.45, 7) is 0. The Kier molecular flexibility index (Phi) is 3.61. The molecule has 0 amide bonds. The monoisotopic (exact) mass is 213 g/mol. The molecule has 1 aromatic rings. The van der Waals surface area contributed by atoms with E-state index < -0.39 is 13.4 Å². The normalized spacial score (nSPS) is 14.5. The molecule has 0 saturated heterocycles. The van der Waals surface area contributed by atoms with Crippen molar-refractivity contribution in [3.05, 3.63) is 42.0 Å². The van der Waals surface area contributed by atoms with Gasteiger partial charge in [0, 0.05) is 0 Å². The van der Waals surface area contributed by atoms with E-state index in [1.54, 1.807) is 6.08 Å². The van der Waals surface area contributed by atoms with E-state index in [0.29, 0.717) is 0 Å². The van der Waals surface area contributed by atoms with E-state index in [4.69, 9.17) is 15.5 Å². The molecule has 1 rings (SSSR count). The van der Waals surface area contributed by atoms with Gasteiger partial charge in [-0.05, 0) is 5.56 Å². The van der Waals surface area contributed by atoms with Gasteiger partial charge in [0.2, 0.25) is 0 Å². The van der Waals surface area contributed by atoms with Crippen molar-refractivity contribution in [1.29, 1.82) is 0 Å². The first kappa shape index (κ1) is 11.1. The number of rotatable bonds is 3. The van der Waals surface area contributed by atoms with Crippen molar-refractivity contribution in [2.45, 2.75) is 5.78 Å². The van der Waals surface area contributed by atoms with E-state index in [1.165, 1.54) is 6.08 Å². The van der Waals surface area contributed by atoms with Gasteiger partial charge in [-0.3, -0.25) is 4.57 Å². The second kappa shape index (κ2) is 4.53. The van der Waals surface area contributed by atoms with Crippen LogP contribution in [0.25, 0.3) is 6.08 Å². The maximum absolute atomic E-state index is 10.7. The van der Waals surface area contributed by atoms with E-state index in [-0.39, 0.29) is 0 Å². The summed E-state index contributed by atoms with van der Waals surface area (Å²) in [7, 11) is -4.20. The number of hydrogen-bond acceptors (Lipinski definition) is 2. The Labute approximate surface area is 82.2 Å². The molecule has 0 aliphatic rings. The van der Waals surface area contributed by atoms with Gasteiger partial charge in [-0.2, -0.15) is 0 Å². The smallest absolute Gasteiger partial charge is 0.323 e. The molecule has 14 heavy (non-hydrogen) atoms. The van der Waals surface area contributed by atoms with E-state index in [2.05, 4.69) is 0 Å². The molecular formula is C9H12NO3P. The predicted octanol–water partition coefficient (Wildman–Crippen LogP) is 1.16. The quantitative estimate of drug-likeness (QED) is 0.658. The Morgan fingerprint density at radius 3 is 2.36 bits per heavy atom. The fourth-order valence-electron chi connectivity index (χ4n) is 0.886. The SMILES string of the molecule is N[C@@H](/C=C/c1ccccc1)P(=O)(O)O. The zero-order valence-electron chi connectivity index (χ0n) is 7.45. The van der Waals surface area contributed by atoms with Crippen molar-refractivity contribution in [1.82, 2.24) is 0 Å². The molecule has 0 fully saturated rings. The third-order valence-corrected chi connectivity index (χ3v) is 2.62. The molecule has 4 nitrogen and oxygen atoms in total. The average molecular weight is 213 g/mol. The third kappa shape index (κ3) is 3.44. The highest BCUT2D eigenvalue weighted by Crippen LogP contribution is 2.38. The molecule has 0 spiro atoms. The molecule has 1 atom stereocenters. The highest BCUT2D eigenvalue weighted by Gasteiger charge is 2.21. The van der Waals surface area contributed by atoms with Gasteiger partial charge in [-0.25, -0.2) is 0 Å². The third-order valence-electron chi connectivity index (χ3n) is 1.67. The van der Waals surface area contributed by atoms with Crippen LogP contribution >= 0.6 is 7.60 Å². The van der Waals surface area contributed by atoms with Crippen LogP contribution in [0.3, 0.4) is 0 Å². The lowest BCUT2D eigenvalue weighted by Crippen LogP contribution is -2.16. The van der Waals surface area contributed by atoms with Crippen LogP contribution in [0.15, 0.2) is 36.4 Å². The highest BCUT2D eigenvalue weighted by atomic mass is 31.2. The molecule has 0 radical (unpaired) electrons. The van der Waals surface area contributed by atoms with Crippen LogP contribution in [-0.2, 0) is 4.57 Å². The van der Waals surface area contributed by atoms with Crippen LogP contribution in [-0.4, -0.2) is 15.6 Å². The maximum atomic E-state index is 10.7. The predicted molar refractivity (Wildman–Crippen MR) is 55.5 cm³/mol. The molecular weight excluding hydrogens is 201 g/mol. The molecule has 0 unspecified atom stereocenters. The molecule has 0 saturated carbocycles. The zero-order valence-corrected chi connectivity index (χ0v) is 8.34. The van der Waals surface area contributed by atoms with Crippen molar-refractivity contribution >= 4 is 13.7 Å². The lowest BCUT2D eigenvalue weighted by atomic mass is 10.2. The first-order valence-electron chi connectivity index (χ1n) is 4.04. The number of hydrogen-bond donors (Lipinski definition) is 3. The highest BCUT2D eigenvalue weighted by molar-refractivity contribution is 7.52. The number of benzene rings is 1. The maximum Gasteiger partial charge on any atom is 0.346 e. The molecule has 0 aromatic heterocycles. The second-order valence-corrected chi connectivity index (χ2v) is 4.62. The number of nitrogens with two attached hydrogens (primary N) is 1. The van der Waals surface area contributed by atoms with Gasteiger partial charge in [0.05, 0.1) is 0 Å². The Balaban J connectivity index is 2.70. The van der Waals surface area contributed by atoms with Crippen molar-refractivity contribution in [3.63, 3.8) is 0 Å². The molecule has 76 valence electrons. The van der Waals surface area contributed by atoms with E-state index in [9.17, 15) is 4.57 Å². The minimum absolute atomic E-state index is 0.858. The molecule has 0 heterocycles. The van der Waals surface area contributed by atoms with Crippen molar-refractivity contribution in [3.8, 4) is 0 Å². The topological polar surface area (TPSA) is 83.6 Å². The van der Waals surface area contributed by atoms with Crippen molar-refractivity contribution in [2.75, 3.05) is 0 Å². The summed E-state index contributed by atoms with van der Waals surface area (Å²) in [6, 6.07) is 9.18. The fourth-order valence-corrected chi connectivity index (χ4v) is 1.20. The Bertz CT molecular complexity index is 358. The second-order valence-electron chi connectivity index (χ2n) is 2.85. The van der Waals surface area contributed by atoms with Crippen LogP contribution in [0.5, 0.6) is 0 Å². The summed E-state index contributed by atoms with van der Waals surface area (Å²) in [4.78, 5) is 17.4. The lowest BCUT2D eigenvalue weighted by molar-refractivity contribution is 0.366. The summed E-state index contributed by atoms with van der Waals surface area (Å²) >= 11 is 0. The van der Waals surface area contributed by atoms with Gasteiger partial charge in [-0.1, -0.05) is 42.5 Å². The lowest BCUT2D eigenvalue weighted by Gasteiger charge is -2.07. The van der Waals surface area contributed by atoms with Crippen LogP contribution in [0.2, 0.25) is 0 Å². The first-order chi connectivity index (χ1) is 6.50. The Morgan fingerprint density at radius 2 is 1.86 bits per heavy atom. The fraction of sp³-hybridized carbons (Fsp3) is 0.111. The van der Waals surface area contributed by atoms with Gasteiger partial charge >= 0.3 is 7.60 Å². The van der Waals surface area contributed by atoms with Crippen molar-refractivity contribution in [2.24, 2.45) is 5.73 Å². The average Bonchev–Trinajstić information content (AvgIpc) is 2.14.